The summed E-state index contributed by atoms with van der Waals surface area (Å²) in [6.45, 7) is -0.613. The summed E-state index contributed by atoms with van der Waals surface area (Å²) in [5.74, 6) is 0.753. The van der Waals surface area contributed by atoms with Crippen molar-refractivity contribution in [2.75, 3.05) is 26.7 Å². The molecule has 3 rings (SSSR count). The Bertz CT molecular complexity index is 563. The van der Waals surface area contributed by atoms with Crippen molar-refractivity contribution < 1.29 is 32.6 Å². The Labute approximate surface area is 156 Å². The second-order valence-corrected chi connectivity index (χ2v) is 8.30. The van der Waals surface area contributed by atoms with Gasteiger partial charge < -0.3 is 19.6 Å². The van der Waals surface area contributed by atoms with Crippen LogP contribution in [-0.2, 0) is 9.53 Å². The normalized spacial score (nSPS) is 23.7. The molecule has 2 aliphatic carbocycles. The van der Waals surface area contributed by atoms with Crippen LogP contribution >= 0.6 is 0 Å². The van der Waals surface area contributed by atoms with Crippen molar-refractivity contribution in [2.45, 2.75) is 63.3 Å². The van der Waals surface area contributed by atoms with Gasteiger partial charge >= 0.3 is 12.3 Å². The number of likely N-dealkylation sites (tertiary alicyclic amines) is 1. The largest absolute Gasteiger partial charge is 0.434 e. The highest BCUT2D eigenvalue weighted by molar-refractivity contribution is 5.77. The van der Waals surface area contributed by atoms with Crippen LogP contribution < -0.4 is 0 Å². The van der Waals surface area contributed by atoms with Gasteiger partial charge in [-0.25, -0.2) is 4.79 Å². The molecule has 2 amide bonds. The van der Waals surface area contributed by atoms with E-state index in [1.165, 1.54) is 4.90 Å². The zero-order valence-electron chi connectivity index (χ0n) is 15.5. The lowest BCUT2D eigenvalue weighted by atomic mass is 9.60. The number of hydrogen-bond donors (Lipinski definition) is 1. The van der Waals surface area contributed by atoms with E-state index in [0.29, 0.717) is 38.3 Å². The summed E-state index contributed by atoms with van der Waals surface area (Å²) in [5, 5.41) is 8.78. The van der Waals surface area contributed by atoms with Gasteiger partial charge in [0.2, 0.25) is 12.0 Å². The first-order valence-electron chi connectivity index (χ1n) is 9.52. The van der Waals surface area contributed by atoms with Crippen molar-refractivity contribution in [1.29, 1.82) is 0 Å². The minimum atomic E-state index is -4.78. The molecule has 3 fully saturated rings. The van der Waals surface area contributed by atoms with Crippen molar-refractivity contribution in [2.24, 2.45) is 11.3 Å². The molecule has 1 atom stereocenters. The van der Waals surface area contributed by atoms with Crippen molar-refractivity contribution in [1.82, 2.24) is 9.80 Å². The Morgan fingerprint density at radius 2 is 1.85 bits per heavy atom. The van der Waals surface area contributed by atoms with E-state index < -0.39 is 25.0 Å². The molecule has 1 heterocycles. The van der Waals surface area contributed by atoms with E-state index in [4.69, 9.17) is 5.11 Å². The molecule has 154 valence electrons. The highest BCUT2D eigenvalue weighted by Gasteiger charge is 2.49. The first kappa shape index (κ1) is 20.2. The number of aliphatic hydroxyl groups is 1. The number of carbonyl (C=O) groups excluding carboxylic acids is 2. The first-order chi connectivity index (χ1) is 12.6. The SMILES string of the molecule is CN(C(=O)CC1CC1)C1CC2(CCN(C(=O)O[C@H](CO)C(F)(F)F)CC2)C1. The van der Waals surface area contributed by atoms with Gasteiger partial charge in [-0.15, -0.1) is 0 Å². The summed E-state index contributed by atoms with van der Waals surface area (Å²) in [7, 11) is 1.85. The second kappa shape index (κ2) is 7.48. The van der Waals surface area contributed by atoms with Crippen LogP contribution in [0, 0.1) is 11.3 Å². The molecule has 0 aromatic rings. The van der Waals surface area contributed by atoms with E-state index >= 15 is 0 Å². The topological polar surface area (TPSA) is 70.1 Å². The van der Waals surface area contributed by atoms with Crippen molar-refractivity contribution in [3.63, 3.8) is 0 Å². The highest BCUT2D eigenvalue weighted by Crippen LogP contribution is 2.51. The molecule has 6 nitrogen and oxygen atoms in total. The summed E-state index contributed by atoms with van der Waals surface area (Å²) < 4.78 is 42.3. The minimum absolute atomic E-state index is 0.0655. The third-order valence-corrected chi connectivity index (χ3v) is 6.29. The molecule has 1 N–H and O–H groups in total. The number of ether oxygens (including phenoxy) is 1. The molecule has 1 aliphatic heterocycles. The Kier molecular flexibility index (Phi) is 5.61. The van der Waals surface area contributed by atoms with Crippen LogP contribution in [0.25, 0.3) is 0 Å². The molecule has 0 aromatic carbocycles. The molecule has 1 spiro atoms. The molecule has 1 saturated heterocycles. The molecule has 0 aromatic heterocycles. The average Bonchev–Trinajstić information content (AvgIpc) is 3.39. The molecule has 27 heavy (non-hydrogen) atoms. The predicted molar refractivity (Wildman–Crippen MR) is 89.8 cm³/mol. The Morgan fingerprint density at radius 3 is 2.33 bits per heavy atom. The van der Waals surface area contributed by atoms with Crippen LogP contribution in [0.2, 0.25) is 0 Å². The van der Waals surface area contributed by atoms with E-state index in [9.17, 15) is 22.8 Å². The molecule has 2 saturated carbocycles. The number of hydrogen-bond acceptors (Lipinski definition) is 4. The van der Waals surface area contributed by atoms with Gasteiger partial charge in [-0.05, 0) is 49.9 Å². The fourth-order valence-electron chi connectivity index (χ4n) is 4.11. The summed E-state index contributed by atoms with van der Waals surface area (Å²) in [6.07, 6.45) is -2.23. The van der Waals surface area contributed by atoms with Gasteiger partial charge in [0.25, 0.3) is 0 Å². The van der Waals surface area contributed by atoms with E-state index in [1.54, 1.807) is 0 Å². The summed E-state index contributed by atoms with van der Waals surface area (Å²) in [6, 6.07) is 0.221. The quantitative estimate of drug-likeness (QED) is 0.781. The van der Waals surface area contributed by atoms with Gasteiger partial charge in [0.05, 0.1) is 6.61 Å². The fraction of sp³-hybridized carbons (Fsp3) is 0.889. The maximum Gasteiger partial charge on any atom is 0.427 e. The lowest BCUT2D eigenvalue weighted by Gasteiger charge is -2.54. The van der Waals surface area contributed by atoms with E-state index in [0.717, 1.165) is 25.7 Å². The van der Waals surface area contributed by atoms with Gasteiger partial charge in [0.15, 0.2) is 0 Å². The van der Waals surface area contributed by atoms with Crippen molar-refractivity contribution in [3.8, 4) is 0 Å². The lowest BCUT2D eigenvalue weighted by Crippen LogP contribution is -2.56. The zero-order valence-corrected chi connectivity index (χ0v) is 15.5. The summed E-state index contributed by atoms with van der Waals surface area (Å²) in [4.78, 5) is 27.3. The average molecular weight is 392 g/mol. The third kappa shape index (κ3) is 4.67. The van der Waals surface area contributed by atoms with Crippen LogP contribution in [0.4, 0.5) is 18.0 Å². The number of carbonyl (C=O) groups is 2. The van der Waals surface area contributed by atoms with Crippen LogP contribution in [0.1, 0.15) is 44.9 Å². The number of halogens is 3. The Hall–Kier alpha value is -1.51. The van der Waals surface area contributed by atoms with Crippen LogP contribution in [-0.4, -0.2) is 72.0 Å². The number of amides is 2. The molecule has 9 heteroatoms. The van der Waals surface area contributed by atoms with Gasteiger partial charge in [-0.3, -0.25) is 4.79 Å². The van der Waals surface area contributed by atoms with Crippen LogP contribution in [0.5, 0.6) is 0 Å². The van der Waals surface area contributed by atoms with E-state index in [-0.39, 0.29) is 17.4 Å². The van der Waals surface area contributed by atoms with Crippen molar-refractivity contribution in [3.05, 3.63) is 0 Å². The van der Waals surface area contributed by atoms with E-state index in [1.807, 2.05) is 11.9 Å². The van der Waals surface area contributed by atoms with Crippen LogP contribution in [0.15, 0.2) is 0 Å². The first-order valence-corrected chi connectivity index (χ1v) is 9.52. The van der Waals surface area contributed by atoms with Gasteiger partial charge in [0.1, 0.15) is 0 Å². The zero-order chi connectivity index (χ0) is 19.8. The Morgan fingerprint density at radius 1 is 1.26 bits per heavy atom. The van der Waals surface area contributed by atoms with Gasteiger partial charge in [-0.2, -0.15) is 13.2 Å². The monoisotopic (exact) mass is 392 g/mol. The standard InChI is InChI=1S/C18H27F3N2O4/c1-22(15(25)8-12-2-3-12)13-9-17(10-13)4-6-23(7-5-17)16(26)27-14(11-24)18(19,20)21/h12-14,24H,2-11H2,1H3/t14-/m1/s1. The van der Waals surface area contributed by atoms with Crippen molar-refractivity contribution >= 4 is 12.0 Å². The number of alkyl halides is 3. The van der Waals surface area contributed by atoms with Gasteiger partial charge in [-0.1, -0.05) is 0 Å². The minimum Gasteiger partial charge on any atom is -0.434 e. The Balaban J connectivity index is 1.43. The fourth-order valence-corrected chi connectivity index (χ4v) is 4.11. The smallest absolute Gasteiger partial charge is 0.427 e. The number of nitrogens with zero attached hydrogens (tertiary/aromatic N) is 2. The van der Waals surface area contributed by atoms with Gasteiger partial charge in [0, 0.05) is 32.6 Å². The summed E-state index contributed by atoms with van der Waals surface area (Å²) in [5.41, 5.74) is 0.0655. The molecule has 0 unspecified atom stereocenters. The maximum atomic E-state index is 12.6. The number of piperidine rings is 1. The number of aliphatic hydroxyl groups excluding tert-OH is 1. The molecular weight excluding hydrogens is 365 g/mol. The molecule has 3 aliphatic rings. The van der Waals surface area contributed by atoms with Crippen LogP contribution in [0.3, 0.4) is 0 Å². The lowest BCUT2D eigenvalue weighted by molar-refractivity contribution is -0.215. The maximum absolute atomic E-state index is 12.6. The highest BCUT2D eigenvalue weighted by atomic mass is 19.4. The third-order valence-electron chi connectivity index (χ3n) is 6.29. The molecule has 0 bridgehead atoms. The summed E-state index contributed by atoms with van der Waals surface area (Å²) >= 11 is 0. The van der Waals surface area contributed by atoms with E-state index in [2.05, 4.69) is 4.74 Å². The molecular formula is C18H27F3N2O4. The molecule has 0 radical (unpaired) electrons. The predicted octanol–water partition coefficient (Wildman–Crippen LogP) is 2.55. The second-order valence-electron chi connectivity index (χ2n) is 8.30. The number of rotatable bonds is 5.